The second-order valence-corrected chi connectivity index (χ2v) is 7.11. The molecule has 1 fully saturated rings. The van der Waals surface area contributed by atoms with Crippen molar-refractivity contribution in [1.82, 2.24) is 5.32 Å². The Labute approximate surface area is 149 Å². The summed E-state index contributed by atoms with van der Waals surface area (Å²) in [5.41, 5.74) is 1.29. The summed E-state index contributed by atoms with van der Waals surface area (Å²) in [5.74, 6) is -0.376. The average molecular weight is 354 g/mol. The lowest BCUT2D eigenvalue weighted by molar-refractivity contribution is -0.142. The zero-order chi connectivity index (χ0) is 17.4. The predicted molar refractivity (Wildman–Crippen MR) is 96.7 cm³/mol. The maximum atomic E-state index is 11.0. The highest BCUT2D eigenvalue weighted by atomic mass is 35.5. The van der Waals surface area contributed by atoms with Crippen LogP contribution in [0.5, 0.6) is 0 Å². The summed E-state index contributed by atoms with van der Waals surface area (Å²) in [6.45, 7) is 1.68. The molecule has 0 heterocycles. The number of methoxy groups -OCH3 is 1. The van der Waals surface area contributed by atoms with Gasteiger partial charge in [0, 0.05) is 31.3 Å². The Morgan fingerprint density at radius 1 is 1.29 bits per heavy atom. The van der Waals surface area contributed by atoms with E-state index in [1.54, 1.807) is 7.11 Å². The number of hydrogen-bond donors (Lipinski definition) is 2. The van der Waals surface area contributed by atoms with Crippen molar-refractivity contribution in [3.05, 3.63) is 34.9 Å². The van der Waals surface area contributed by atoms with Crippen molar-refractivity contribution >= 4 is 17.6 Å². The van der Waals surface area contributed by atoms with Crippen LogP contribution in [0.15, 0.2) is 24.3 Å². The lowest BCUT2D eigenvalue weighted by Gasteiger charge is -2.29. The van der Waals surface area contributed by atoms with E-state index in [-0.39, 0.29) is 5.92 Å². The fraction of sp³-hybridized carbons (Fsp3) is 0.632. The van der Waals surface area contributed by atoms with Crippen LogP contribution < -0.4 is 5.32 Å². The number of halogens is 1. The summed E-state index contributed by atoms with van der Waals surface area (Å²) < 4.78 is 5.18. The van der Waals surface area contributed by atoms with Gasteiger partial charge in [0.2, 0.25) is 0 Å². The first-order valence-electron chi connectivity index (χ1n) is 8.80. The molecule has 1 unspecified atom stereocenters. The van der Waals surface area contributed by atoms with E-state index in [1.807, 2.05) is 12.1 Å². The summed E-state index contributed by atoms with van der Waals surface area (Å²) >= 11 is 6.00. The fourth-order valence-electron chi connectivity index (χ4n) is 3.45. The van der Waals surface area contributed by atoms with Crippen LogP contribution >= 0.6 is 11.6 Å². The van der Waals surface area contributed by atoms with E-state index in [2.05, 4.69) is 17.4 Å². The summed E-state index contributed by atoms with van der Waals surface area (Å²) in [7, 11) is 1.73. The topological polar surface area (TPSA) is 58.6 Å². The van der Waals surface area contributed by atoms with Crippen molar-refractivity contribution in [3.63, 3.8) is 0 Å². The predicted octanol–water partition coefficient (Wildman–Crippen LogP) is 4.08. The van der Waals surface area contributed by atoms with Crippen molar-refractivity contribution in [2.75, 3.05) is 20.3 Å². The van der Waals surface area contributed by atoms with Crippen molar-refractivity contribution in [2.24, 2.45) is 5.92 Å². The fourth-order valence-corrected chi connectivity index (χ4v) is 3.57. The number of hydrogen-bond acceptors (Lipinski definition) is 3. The van der Waals surface area contributed by atoms with Crippen molar-refractivity contribution < 1.29 is 14.6 Å². The number of carboxylic acids is 1. The Balaban J connectivity index is 1.86. The van der Waals surface area contributed by atoms with Crippen LogP contribution in [0.2, 0.25) is 5.02 Å². The molecule has 0 aromatic heterocycles. The van der Waals surface area contributed by atoms with Gasteiger partial charge < -0.3 is 15.2 Å². The minimum absolute atomic E-state index is 0.156. The van der Waals surface area contributed by atoms with E-state index in [0.717, 1.165) is 56.7 Å². The largest absolute Gasteiger partial charge is 0.481 e. The lowest BCUT2D eigenvalue weighted by atomic mass is 9.85. The minimum atomic E-state index is -0.646. The Morgan fingerprint density at radius 3 is 2.54 bits per heavy atom. The molecule has 1 aliphatic carbocycles. The third-order valence-corrected chi connectivity index (χ3v) is 5.22. The number of benzene rings is 1. The Bertz CT molecular complexity index is 498. The Kier molecular flexibility index (Phi) is 8.03. The monoisotopic (exact) mass is 353 g/mol. The van der Waals surface area contributed by atoms with Gasteiger partial charge in [0.05, 0.1) is 5.92 Å². The Morgan fingerprint density at radius 2 is 1.96 bits per heavy atom. The van der Waals surface area contributed by atoms with Crippen LogP contribution in [0.1, 0.15) is 50.0 Å². The van der Waals surface area contributed by atoms with Gasteiger partial charge in [-0.1, -0.05) is 23.7 Å². The van der Waals surface area contributed by atoms with Crippen molar-refractivity contribution in [3.8, 4) is 0 Å². The van der Waals surface area contributed by atoms with Gasteiger partial charge in [0.25, 0.3) is 0 Å². The molecule has 0 aliphatic heterocycles. The molecule has 5 heteroatoms. The lowest BCUT2D eigenvalue weighted by Crippen LogP contribution is -2.37. The van der Waals surface area contributed by atoms with Gasteiger partial charge in [-0.25, -0.2) is 0 Å². The standard InChI is InChI=1S/C19H28ClNO3/c1-24-12-2-3-16(14-4-8-17(20)9-5-14)13-21-18-10-6-15(7-11-18)19(22)23/h4-5,8-9,15-16,18,21H,2-3,6-7,10-13H2,1H3,(H,22,23). The van der Waals surface area contributed by atoms with E-state index in [4.69, 9.17) is 21.4 Å². The number of ether oxygens (including phenoxy) is 1. The second-order valence-electron chi connectivity index (χ2n) is 6.68. The molecule has 0 radical (unpaired) electrons. The molecular weight excluding hydrogens is 326 g/mol. The number of nitrogens with one attached hydrogen (secondary N) is 1. The molecule has 134 valence electrons. The van der Waals surface area contributed by atoms with Crippen LogP contribution in [-0.4, -0.2) is 37.4 Å². The molecule has 1 aromatic rings. The number of carbonyl (C=O) groups is 1. The normalized spacial score (nSPS) is 22.2. The molecular formula is C19H28ClNO3. The number of aliphatic carboxylic acids is 1. The molecule has 0 saturated heterocycles. The van der Waals surface area contributed by atoms with Gasteiger partial charge in [0.15, 0.2) is 0 Å². The zero-order valence-electron chi connectivity index (χ0n) is 14.3. The Hall–Kier alpha value is -1.10. The van der Waals surface area contributed by atoms with Crippen molar-refractivity contribution in [1.29, 1.82) is 0 Å². The molecule has 1 saturated carbocycles. The third kappa shape index (κ3) is 6.08. The van der Waals surface area contributed by atoms with Gasteiger partial charge in [0.1, 0.15) is 0 Å². The summed E-state index contributed by atoms with van der Waals surface area (Å²) in [5, 5.41) is 13.5. The summed E-state index contributed by atoms with van der Waals surface area (Å²) in [6.07, 6.45) is 5.54. The third-order valence-electron chi connectivity index (χ3n) is 4.97. The van der Waals surface area contributed by atoms with E-state index in [9.17, 15) is 4.79 Å². The quantitative estimate of drug-likeness (QED) is 0.657. The summed E-state index contributed by atoms with van der Waals surface area (Å²) in [6, 6.07) is 8.51. The molecule has 4 nitrogen and oxygen atoms in total. The maximum absolute atomic E-state index is 11.0. The van der Waals surface area contributed by atoms with Crippen LogP contribution in [0.25, 0.3) is 0 Å². The first-order chi connectivity index (χ1) is 11.6. The number of rotatable bonds is 9. The maximum Gasteiger partial charge on any atom is 0.306 e. The first-order valence-corrected chi connectivity index (χ1v) is 9.18. The van der Waals surface area contributed by atoms with Gasteiger partial charge in [-0.05, 0) is 62.1 Å². The van der Waals surface area contributed by atoms with Gasteiger partial charge in [-0.3, -0.25) is 4.79 Å². The van der Waals surface area contributed by atoms with Gasteiger partial charge in [-0.2, -0.15) is 0 Å². The highest BCUT2D eigenvalue weighted by molar-refractivity contribution is 6.30. The van der Waals surface area contributed by atoms with Crippen LogP contribution in [0, 0.1) is 5.92 Å². The van der Waals surface area contributed by atoms with Crippen LogP contribution in [0.3, 0.4) is 0 Å². The highest BCUT2D eigenvalue weighted by Gasteiger charge is 2.26. The molecule has 0 spiro atoms. The molecule has 2 rings (SSSR count). The zero-order valence-corrected chi connectivity index (χ0v) is 15.1. The van der Waals surface area contributed by atoms with Crippen LogP contribution in [-0.2, 0) is 9.53 Å². The molecule has 2 N–H and O–H groups in total. The summed E-state index contributed by atoms with van der Waals surface area (Å²) in [4.78, 5) is 11.0. The molecule has 1 atom stereocenters. The average Bonchev–Trinajstić information content (AvgIpc) is 2.59. The van der Waals surface area contributed by atoms with Gasteiger partial charge in [-0.15, -0.1) is 0 Å². The van der Waals surface area contributed by atoms with Gasteiger partial charge >= 0.3 is 5.97 Å². The van der Waals surface area contributed by atoms with Crippen molar-refractivity contribution in [2.45, 2.75) is 50.5 Å². The SMILES string of the molecule is COCCCC(CNC1CCC(C(=O)O)CC1)c1ccc(Cl)cc1. The number of carboxylic acid groups (broad SMARTS) is 1. The smallest absolute Gasteiger partial charge is 0.306 e. The molecule has 1 aliphatic rings. The minimum Gasteiger partial charge on any atom is -0.481 e. The first kappa shape index (κ1) is 19.2. The molecule has 24 heavy (non-hydrogen) atoms. The molecule has 1 aromatic carbocycles. The molecule has 0 bridgehead atoms. The van der Waals surface area contributed by atoms with E-state index < -0.39 is 5.97 Å². The molecule has 0 amide bonds. The van der Waals surface area contributed by atoms with E-state index in [0.29, 0.717) is 12.0 Å². The second kappa shape index (κ2) is 10.0. The highest BCUT2D eigenvalue weighted by Crippen LogP contribution is 2.26. The van der Waals surface area contributed by atoms with Crippen LogP contribution in [0.4, 0.5) is 0 Å². The van der Waals surface area contributed by atoms with E-state index in [1.165, 1.54) is 5.56 Å². The van der Waals surface area contributed by atoms with E-state index >= 15 is 0 Å².